The summed E-state index contributed by atoms with van der Waals surface area (Å²) in [5, 5.41) is 11.4. The Morgan fingerprint density at radius 1 is 1.38 bits per heavy atom. The van der Waals surface area contributed by atoms with Crippen LogP contribution in [0.5, 0.6) is 0 Å². The molecule has 70 valence electrons. The smallest absolute Gasteiger partial charge is 0.254 e. The largest absolute Gasteiger partial charge is 0.618 e. The van der Waals surface area contributed by atoms with E-state index in [-0.39, 0.29) is 0 Å². The molecule has 1 aliphatic rings. The Labute approximate surface area is 76.3 Å². The first-order valence-electron chi connectivity index (χ1n) is 4.19. The Kier molecular flexibility index (Phi) is 1.94. The standard InChI is InChI=1S/C9H11NO3/c1-9(12-6-7-13-9)8-4-2-3-5-10(8)11/h2-5H,6-7H2,1H3. The molecule has 0 atom stereocenters. The van der Waals surface area contributed by atoms with E-state index in [0.717, 1.165) is 4.73 Å². The molecule has 2 rings (SSSR count). The highest BCUT2D eigenvalue weighted by Crippen LogP contribution is 2.27. The van der Waals surface area contributed by atoms with Crippen molar-refractivity contribution in [2.75, 3.05) is 13.2 Å². The van der Waals surface area contributed by atoms with Gasteiger partial charge in [-0.05, 0) is 6.07 Å². The van der Waals surface area contributed by atoms with Gasteiger partial charge in [-0.25, -0.2) is 0 Å². The number of ether oxygens (including phenoxy) is 2. The molecule has 0 bridgehead atoms. The van der Waals surface area contributed by atoms with Gasteiger partial charge in [0.05, 0.1) is 13.2 Å². The lowest BCUT2D eigenvalue weighted by atomic mass is 10.2. The maximum Gasteiger partial charge on any atom is 0.254 e. The fourth-order valence-electron chi connectivity index (χ4n) is 1.44. The van der Waals surface area contributed by atoms with E-state index in [4.69, 9.17) is 9.47 Å². The van der Waals surface area contributed by atoms with Crippen molar-refractivity contribution in [1.29, 1.82) is 0 Å². The Bertz CT molecular complexity index is 307. The van der Waals surface area contributed by atoms with Gasteiger partial charge in [0.25, 0.3) is 11.5 Å². The Morgan fingerprint density at radius 3 is 2.69 bits per heavy atom. The van der Waals surface area contributed by atoms with Crippen molar-refractivity contribution in [3.8, 4) is 0 Å². The first-order chi connectivity index (χ1) is 6.22. The second-order valence-electron chi connectivity index (χ2n) is 3.05. The quantitative estimate of drug-likeness (QED) is 0.469. The molecule has 1 aromatic heterocycles. The van der Waals surface area contributed by atoms with Gasteiger partial charge in [0.2, 0.25) is 0 Å². The summed E-state index contributed by atoms with van der Waals surface area (Å²) in [4.78, 5) is 0. The summed E-state index contributed by atoms with van der Waals surface area (Å²) in [5.41, 5.74) is 0.493. The van der Waals surface area contributed by atoms with Crippen molar-refractivity contribution < 1.29 is 14.2 Å². The molecule has 1 aromatic rings. The number of rotatable bonds is 1. The van der Waals surface area contributed by atoms with Crippen LogP contribution in [-0.2, 0) is 15.3 Å². The van der Waals surface area contributed by atoms with E-state index in [9.17, 15) is 5.21 Å². The topological polar surface area (TPSA) is 45.4 Å². The molecule has 0 spiro atoms. The molecule has 13 heavy (non-hydrogen) atoms. The highest BCUT2D eigenvalue weighted by atomic mass is 16.7. The zero-order chi connectivity index (χ0) is 9.31. The SMILES string of the molecule is CC1(c2cccc[n+]2[O-])OCCO1. The van der Waals surface area contributed by atoms with Crippen LogP contribution in [0.15, 0.2) is 24.4 Å². The van der Waals surface area contributed by atoms with Crippen LogP contribution in [0, 0.1) is 5.21 Å². The molecular formula is C9H11NO3. The van der Waals surface area contributed by atoms with Gasteiger partial charge in [0, 0.05) is 19.1 Å². The molecule has 0 radical (unpaired) electrons. The predicted octanol–water partition coefficient (Wildman–Crippen LogP) is 0.539. The summed E-state index contributed by atoms with van der Waals surface area (Å²) in [6, 6.07) is 5.17. The minimum Gasteiger partial charge on any atom is -0.618 e. The van der Waals surface area contributed by atoms with Crippen LogP contribution in [0.4, 0.5) is 0 Å². The molecule has 0 saturated carbocycles. The third-order valence-corrected chi connectivity index (χ3v) is 2.13. The molecule has 0 aliphatic carbocycles. The van der Waals surface area contributed by atoms with E-state index in [1.54, 1.807) is 25.1 Å². The number of pyridine rings is 1. The van der Waals surface area contributed by atoms with E-state index < -0.39 is 5.79 Å². The highest BCUT2D eigenvalue weighted by molar-refractivity contribution is 5.04. The third-order valence-electron chi connectivity index (χ3n) is 2.13. The van der Waals surface area contributed by atoms with Crippen molar-refractivity contribution >= 4 is 0 Å². The first kappa shape index (κ1) is 8.47. The zero-order valence-corrected chi connectivity index (χ0v) is 7.40. The van der Waals surface area contributed by atoms with E-state index in [1.807, 2.05) is 0 Å². The first-order valence-corrected chi connectivity index (χ1v) is 4.19. The normalized spacial score (nSPS) is 20.4. The minimum absolute atomic E-state index is 0.493. The Morgan fingerprint density at radius 2 is 2.08 bits per heavy atom. The lowest BCUT2D eigenvalue weighted by Gasteiger charge is -2.19. The van der Waals surface area contributed by atoms with E-state index in [1.165, 1.54) is 6.20 Å². The van der Waals surface area contributed by atoms with Gasteiger partial charge in [-0.15, -0.1) is 0 Å². The molecule has 4 heteroatoms. The van der Waals surface area contributed by atoms with Crippen molar-refractivity contribution in [3.63, 3.8) is 0 Å². The summed E-state index contributed by atoms with van der Waals surface area (Å²) in [6.45, 7) is 2.82. The van der Waals surface area contributed by atoms with Crippen molar-refractivity contribution in [3.05, 3.63) is 35.3 Å². The molecule has 1 saturated heterocycles. The molecular weight excluding hydrogens is 170 g/mol. The molecule has 0 aromatic carbocycles. The fraction of sp³-hybridized carbons (Fsp3) is 0.444. The second-order valence-corrected chi connectivity index (χ2v) is 3.05. The summed E-state index contributed by atoms with van der Waals surface area (Å²) in [7, 11) is 0. The minimum atomic E-state index is -0.872. The highest BCUT2D eigenvalue weighted by Gasteiger charge is 2.39. The molecule has 1 aliphatic heterocycles. The van der Waals surface area contributed by atoms with E-state index in [2.05, 4.69) is 0 Å². The van der Waals surface area contributed by atoms with Crippen LogP contribution in [0.25, 0.3) is 0 Å². The Balaban J connectivity index is 2.39. The predicted molar refractivity (Wildman–Crippen MR) is 44.7 cm³/mol. The van der Waals surface area contributed by atoms with Crippen LogP contribution in [-0.4, -0.2) is 13.2 Å². The van der Waals surface area contributed by atoms with Crippen molar-refractivity contribution in [2.45, 2.75) is 12.7 Å². The lowest BCUT2D eigenvalue weighted by Crippen LogP contribution is -2.41. The Hall–Kier alpha value is -1.13. The second kappa shape index (κ2) is 2.97. The van der Waals surface area contributed by atoms with Crippen molar-refractivity contribution in [1.82, 2.24) is 0 Å². The van der Waals surface area contributed by atoms with Gasteiger partial charge in [-0.1, -0.05) is 0 Å². The summed E-state index contributed by atoms with van der Waals surface area (Å²) >= 11 is 0. The fourth-order valence-corrected chi connectivity index (χ4v) is 1.44. The van der Waals surface area contributed by atoms with Crippen LogP contribution in [0.3, 0.4) is 0 Å². The molecule has 0 N–H and O–H groups in total. The average molecular weight is 181 g/mol. The molecule has 1 fully saturated rings. The summed E-state index contributed by atoms with van der Waals surface area (Å²) in [5.74, 6) is -0.872. The maximum absolute atomic E-state index is 11.4. The number of hydrogen-bond acceptors (Lipinski definition) is 3. The number of nitrogens with zero attached hydrogens (tertiary/aromatic N) is 1. The van der Waals surface area contributed by atoms with Gasteiger partial charge in [0.1, 0.15) is 0 Å². The van der Waals surface area contributed by atoms with E-state index in [0.29, 0.717) is 18.9 Å². The van der Waals surface area contributed by atoms with Gasteiger partial charge in [-0.2, -0.15) is 4.73 Å². The van der Waals surface area contributed by atoms with Crippen molar-refractivity contribution in [2.24, 2.45) is 0 Å². The summed E-state index contributed by atoms with van der Waals surface area (Å²) < 4.78 is 11.5. The third kappa shape index (κ3) is 1.38. The zero-order valence-electron chi connectivity index (χ0n) is 7.40. The summed E-state index contributed by atoms with van der Waals surface area (Å²) in [6.07, 6.45) is 1.44. The maximum atomic E-state index is 11.4. The molecule has 2 heterocycles. The van der Waals surface area contributed by atoms with Crippen LogP contribution in [0.2, 0.25) is 0 Å². The molecule has 0 amide bonds. The lowest BCUT2D eigenvalue weighted by molar-refractivity contribution is -0.627. The van der Waals surface area contributed by atoms with Crippen LogP contribution < -0.4 is 4.73 Å². The monoisotopic (exact) mass is 181 g/mol. The average Bonchev–Trinajstić information content (AvgIpc) is 2.54. The van der Waals surface area contributed by atoms with Crippen LogP contribution >= 0.6 is 0 Å². The number of hydrogen-bond donors (Lipinski definition) is 0. The van der Waals surface area contributed by atoms with Gasteiger partial charge in [0.15, 0.2) is 6.20 Å². The molecule has 0 unspecified atom stereocenters. The van der Waals surface area contributed by atoms with Gasteiger partial charge < -0.3 is 14.7 Å². The van der Waals surface area contributed by atoms with Crippen LogP contribution in [0.1, 0.15) is 12.6 Å². The number of aromatic nitrogens is 1. The van der Waals surface area contributed by atoms with E-state index >= 15 is 0 Å². The van der Waals surface area contributed by atoms with Gasteiger partial charge >= 0.3 is 0 Å². The molecule has 4 nitrogen and oxygen atoms in total. The van der Waals surface area contributed by atoms with Gasteiger partial charge in [-0.3, -0.25) is 0 Å².